The van der Waals surface area contributed by atoms with Gasteiger partial charge < -0.3 is 19.5 Å². The van der Waals surface area contributed by atoms with Crippen LogP contribution in [0.5, 0.6) is 5.75 Å². The summed E-state index contributed by atoms with van der Waals surface area (Å²) >= 11 is 0. The van der Waals surface area contributed by atoms with E-state index in [4.69, 9.17) is 5.11 Å². The van der Waals surface area contributed by atoms with Gasteiger partial charge in [-0.25, -0.2) is 9.59 Å². The lowest BCUT2D eigenvalue weighted by Crippen LogP contribution is -2.11. The number of benzene rings is 1. The lowest BCUT2D eigenvalue weighted by atomic mass is 10.1. The molecular weight excluding hydrogens is 274 g/mol. The minimum Gasteiger partial charge on any atom is -0.505 e. The molecule has 0 aliphatic rings. The highest BCUT2D eigenvalue weighted by Gasteiger charge is 2.25. The van der Waals surface area contributed by atoms with E-state index in [1.54, 1.807) is 0 Å². The van der Waals surface area contributed by atoms with Crippen molar-refractivity contribution in [3.8, 4) is 5.75 Å². The van der Waals surface area contributed by atoms with Crippen molar-refractivity contribution >= 4 is 11.9 Å². The summed E-state index contributed by atoms with van der Waals surface area (Å²) in [5.74, 6) is -2.63. The van der Waals surface area contributed by atoms with Crippen LogP contribution in [0, 0.1) is 0 Å². The molecule has 0 amide bonds. The molecule has 6 nitrogen and oxygen atoms in total. The van der Waals surface area contributed by atoms with Crippen LogP contribution in [0.2, 0.25) is 0 Å². The van der Waals surface area contributed by atoms with Crippen molar-refractivity contribution in [1.82, 2.24) is 4.57 Å². The Hall–Kier alpha value is -2.76. The fraction of sp³-hybridized carbons (Fsp3) is 0.200. The van der Waals surface area contributed by atoms with Crippen LogP contribution in [0.15, 0.2) is 36.5 Å². The van der Waals surface area contributed by atoms with E-state index < -0.39 is 17.7 Å². The Morgan fingerprint density at radius 3 is 2.48 bits per heavy atom. The van der Waals surface area contributed by atoms with Gasteiger partial charge in [0.25, 0.3) is 0 Å². The number of aromatic carboxylic acids is 1. The molecule has 0 spiro atoms. The third kappa shape index (κ3) is 3.05. The van der Waals surface area contributed by atoms with Crippen molar-refractivity contribution < 1.29 is 24.5 Å². The Morgan fingerprint density at radius 2 is 1.90 bits per heavy atom. The van der Waals surface area contributed by atoms with Gasteiger partial charge in [0.2, 0.25) is 0 Å². The Morgan fingerprint density at radius 1 is 1.24 bits per heavy atom. The van der Waals surface area contributed by atoms with E-state index in [1.165, 1.54) is 17.9 Å². The number of nitrogens with zero attached hydrogens (tertiary/aromatic N) is 1. The smallest absolute Gasteiger partial charge is 0.358 e. The summed E-state index contributed by atoms with van der Waals surface area (Å²) in [4.78, 5) is 22.8. The van der Waals surface area contributed by atoms with E-state index in [0.717, 1.165) is 5.56 Å². The predicted molar refractivity (Wildman–Crippen MR) is 74.5 cm³/mol. The molecule has 1 aromatic carbocycles. The van der Waals surface area contributed by atoms with Gasteiger partial charge in [-0.1, -0.05) is 30.3 Å². The first kappa shape index (κ1) is 14.6. The van der Waals surface area contributed by atoms with Crippen molar-refractivity contribution in [3.63, 3.8) is 0 Å². The third-order valence-corrected chi connectivity index (χ3v) is 3.14. The van der Waals surface area contributed by atoms with Crippen molar-refractivity contribution in [2.75, 3.05) is 7.11 Å². The normalized spacial score (nSPS) is 10.3. The zero-order valence-corrected chi connectivity index (χ0v) is 11.4. The van der Waals surface area contributed by atoms with Crippen LogP contribution in [0.4, 0.5) is 0 Å². The average Bonchev–Trinajstić information content (AvgIpc) is 2.82. The van der Waals surface area contributed by atoms with E-state index in [2.05, 4.69) is 4.74 Å². The van der Waals surface area contributed by atoms with Crippen molar-refractivity contribution in [1.29, 1.82) is 0 Å². The molecular formula is C15H15NO5. The minimum absolute atomic E-state index is 0.147. The second-order valence-corrected chi connectivity index (χ2v) is 4.47. The number of aromatic hydroxyl groups is 1. The monoisotopic (exact) mass is 289 g/mol. The van der Waals surface area contributed by atoms with E-state index in [0.29, 0.717) is 13.0 Å². The van der Waals surface area contributed by atoms with Crippen molar-refractivity contribution in [2.24, 2.45) is 0 Å². The lowest BCUT2D eigenvalue weighted by Gasteiger charge is -2.07. The van der Waals surface area contributed by atoms with Gasteiger partial charge in [-0.3, -0.25) is 0 Å². The number of carboxylic acids is 1. The lowest BCUT2D eigenvalue weighted by molar-refractivity contribution is 0.0584. The molecule has 0 unspecified atom stereocenters. The van der Waals surface area contributed by atoms with Gasteiger partial charge in [-0.15, -0.1) is 0 Å². The fourth-order valence-corrected chi connectivity index (χ4v) is 2.08. The summed E-state index contributed by atoms with van der Waals surface area (Å²) in [7, 11) is 1.18. The zero-order chi connectivity index (χ0) is 15.4. The molecule has 110 valence electrons. The summed E-state index contributed by atoms with van der Waals surface area (Å²) in [5.41, 5.74) is 0.577. The summed E-state index contributed by atoms with van der Waals surface area (Å²) in [6, 6.07) is 9.55. The number of esters is 1. The van der Waals surface area contributed by atoms with E-state index >= 15 is 0 Å². The van der Waals surface area contributed by atoms with Crippen LogP contribution in [-0.2, 0) is 17.7 Å². The van der Waals surface area contributed by atoms with Gasteiger partial charge in [0.1, 0.15) is 5.56 Å². The maximum Gasteiger partial charge on any atom is 0.358 e. The van der Waals surface area contributed by atoms with Crippen molar-refractivity contribution in [2.45, 2.75) is 13.0 Å². The van der Waals surface area contributed by atoms with Gasteiger partial charge in [-0.2, -0.15) is 0 Å². The summed E-state index contributed by atoms with van der Waals surface area (Å²) in [6.07, 6.45) is 1.84. The highest BCUT2D eigenvalue weighted by molar-refractivity contribution is 5.98. The van der Waals surface area contributed by atoms with Gasteiger partial charge in [0, 0.05) is 12.7 Å². The third-order valence-electron chi connectivity index (χ3n) is 3.14. The molecule has 1 aromatic heterocycles. The Kier molecular flexibility index (Phi) is 4.27. The molecule has 6 heteroatoms. The summed E-state index contributed by atoms with van der Waals surface area (Å²) in [5, 5.41) is 18.9. The second-order valence-electron chi connectivity index (χ2n) is 4.47. The maximum absolute atomic E-state index is 11.7. The van der Waals surface area contributed by atoms with Gasteiger partial charge in [0.15, 0.2) is 11.4 Å². The first-order chi connectivity index (χ1) is 10.0. The van der Waals surface area contributed by atoms with Gasteiger partial charge in [-0.05, 0) is 12.0 Å². The van der Waals surface area contributed by atoms with Crippen LogP contribution >= 0.6 is 0 Å². The number of carbonyl (C=O) groups excluding carboxylic acids is 1. The zero-order valence-electron chi connectivity index (χ0n) is 11.4. The molecule has 0 radical (unpaired) electrons. The van der Waals surface area contributed by atoms with E-state index in [-0.39, 0.29) is 11.3 Å². The van der Waals surface area contributed by atoms with E-state index in [1.807, 2.05) is 30.3 Å². The number of ether oxygens (including phenoxy) is 1. The van der Waals surface area contributed by atoms with Gasteiger partial charge in [0.05, 0.1) is 7.11 Å². The van der Waals surface area contributed by atoms with E-state index in [9.17, 15) is 14.7 Å². The number of hydrogen-bond acceptors (Lipinski definition) is 4. The predicted octanol–water partition coefficient (Wildman–Crippen LogP) is 1.92. The Labute approximate surface area is 121 Å². The SMILES string of the molecule is COC(=O)c1c(O)c(C(=O)O)cn1CCc1ccccc1. The highest BCUT2D eigenvalue weighted by atomic mass is 16.5. The minimum atomic E-state index is -1.30. The molecule has 0 aliphatic heterocycles. The second kappa shape index (κ2) is 6.13. The molecule has 0 saturated heterocycles. The van der Waals surface area contributed by atoms with Crippen LogP contribution < -0.4 is 0 Å². The number of methoxy groups -OCH3 is 1. The standard InChI is InChI=1S/C15H15NO5/c1-21-15(20)12-13(17)11(14(18)19)9-16(12)8-7-10-5-3-2-4-6-10/h2-6,9,17H,7-8H2,1H3,(H,18,19). The Bertz CT molecular complexity index is 660. The molecule has 2 aromatic rings. The first-order valence-electron chi connectivity index (χ1n) is 6.32. The molecule has 0 fully saturated rings. The van der Waals surface area contributed by atoms with Crippen LogP contribution in [0.1, 0.15) is 26.4 Å². The maximum atomic E-state index is 11.7. The quantitative estimate of drug-likeness (QED) is 0.821. The summed E-state index contributed by atoms with van der Waals surface area (Å²) in [6.45, 7) is 0.356. The number of carboxylic acid groups (broad SMARTS) is 1. The van der Waals surface area contributed by atoms with Crippen molar-refractivity contribution in [3.05, 3.63) is 53.3 Å². The van der Waals surface area contributed by atoms with Crippen LogP contribution in [0.25, 0.3) is 0 Å². The molecule has 0 saturated carbocycles. The number of aromatic nitrogens is 1. The molecule has 2 rings (SSSR count). The number of carbonyl (C=O) groups is 2. The molecule has 21 heavy (non-hydrogen) atoms. The number of hydrogen-bond donors (Lipinski definition) is 2. The molecule has 0 atom stereocenters. The first-order valence-corrected chi connectivity index (χ1v) is 6.32. The molecule has 1 heterocycles. The molecule has 0 aliphatic carbocycles. The topological polar surface area (TPSA) is 88.8 Å². The largest absolute Gasteiger partial charge is 0.505 e. The Balaban J connectivity index is 2.31. The average molecular weight is 289 g/mol. The van der Waals surface area contributed by atoms with Crippen LogP contribution in [0.3, 0.4) is 0 Å². The number of aryl methyl sites for hydroxylation is 2. The van der Waals surface area contributed by atoms with Crippen LogP contribution in [-0.4, -0.2) is 33.8 Å². The van der Waals surface area contributed by atoms with Gasteiger partial charge >= 0.3 is 11.9 Å². The molecule has 2 N–H and O–H groups in total. The highest BCUT2D eigenvalue weighted by Crippen LogP contribution is 2.26. The molecule has 0 bridgehead atoms. The fourth-order valence-electron chi connectivity index (χ4n) is 2.08. The number of rotatable bonds is 5. The summed E-state index contributed by atoms with van der Waals surface area (Å²) < 4.78 is 5.99.